The van der Waals surface area contributed by atoms with Crippen LogP contribution in [-0.4, -0.2) is 24.2 Å². The second-order valence-electron chi connectivity index (χ2n) is 3.48. The van der Waals surface area contributed by atoms with Gasteiger partial charge in [0, 0.05) is 10.7 Å². The van der Waals surface area contributed by atoms with Crippen LogP contribution in [0.2, 0.25) is 5.02 Å². The molecule has 15 heavy (non-hydrogen) atoms. The van der Waals surface area contributed by atoms with E-state index < -0.39 is 0 Å². The van der Waals surface area contributed by atoms with Crippen LogP contribution >= 0.6 is 27.5 Å². The fraction of sp³-hybridized carbons (Fsp3) is 0.500. The second-order valence-corrected chi connectivity index (χ2v) is 4.71. The van der Waals surface area contributed by atoms with Gasteiger partial charge < -0.3 is 10.1 Å². The lowest BCUT2D eigenvalue weighted by molar-refractivity contribution is 0.156. The molecule has 0 amide bonds. The van der Waals surface area contributed by atoms with Crippen LogP contribution in [0.4, 0.5) is 0 Å². The van der Waals surface area contributed by atoms with Gasteiger partial charge in [-0.15, -0.1) is 0 Å². The zero-order valence-electron chi connectivity index (χ0n) is 8.17. The average Bonchev–Trinajstić information content (AvgIpc) is 2.26. The van der Waals surface area contributed by atoms with Crippen LogP contribution in [0.5, 0.6) is 5.88 Å². The van der Waals surface area contributed by atoms with E-state index in [9.17, 15) is 0 Å². The Morgan fingerprint density at radius 1 is 1.47 bits per heavy atom. The summed E-state index contributed by atoms with van der Waals surface area (Å²) in [5, 5.41) is 3.84. The molecule has 1 aromatic heterocycles. The Hall–Kier alpha value is -0.320. The normalized spacial score (nSPS) is 17.7. The second kappa shape index (κ2) is 5.14. The predicted molar refractivity (Wildman–Crippen MR) is 63.5 cm³/mol. The maximum atomic E-state index is 6.06. The molecule has 82 valence electrons. The van der Waals surface area contributed by atoms with E-state index in [0.717, 1.165) is 30.4 Å². The highest BCUT2D eigenvalue weighted by molar-refractivity contribution is 9.10. The molecule has 0 radical (unpaired) electrons. The van der Waals surface area contributed by atoms with Crippen LogP contribution in [-0.2, 0) is 0 Å². The Morgan fingerprint density at radius 2 is 2.20 bits per heavy atom. The van der Waals surface area contributed by atoms with Crippen molar-refractivity contribution in [1.29, 1.82) is 0 Å². The van der Waals surface area contributed by atoms with Gasteiger partial charge in [-0.2, -0.15) is 0 Å². The van der Waals surface area contributed by atoms with Gasteiger partial charge in [-0.3, -0.25) is 0 Å². The summed E-state index contributed by atoms with van der Waals surface area (Å²) >= 11 is 9.41. The maximum Gasteiger partial charge on any atom is 0.234 e. The van der Waals surface area contributed by atoms with Crippen molar-refractivity contribution in [3.05, 3.63) is 21.8 Å². The maximum absolute atomic E-state index is 6.06. The molecule has 0 saturated carbocycles. The molecule has 0 bridgehead atoms. The van der Waals surface area contributed by atoms with Crippen molar-refractivity contribution in [3.8, 4) is 5.88 Å². The highest BCUT2D eigenvalue weighted by Gasteiger charge is 2.17. The summed E-state index contributed by atoms with van der Waals surface area (Å²) in [6.07, 6.45) is 3.92. The number of nitrogens with one attached hydrogen (secondary N) is 1. The number of rotatable bonds is 2. The summed E-state index contributed by atoms with van der Waals surface area (Å²) in [6, 6.07) is 1.80. The molecule has 5 heteroatoms. The standard InChI is InChI=1S/C10H12BrClN2O/c11-8-3-6-14-10(9(8)12)15-7-1-4-13-5-2-7/h3,6-7,13H,1-2,4-5H2. The van der Waals surface area contributed by atoms with Gasteiger partial charge in [0.25, 0.3) is 0 Å². The Balaban J connectivity index is 2.06. The Bertz CT molecular complexity index is 342. The SMILES string of the molecule is Clc1c(Br)ccnc1OC1CCNCC1. The van der Waals surface area contributed by atoms with Gasteiger partial charge in [0.1, 0.15) is 11.1 Å². The zero-order chi connectivity index (χ0) is 10.7. The summed E-state index contributed by atoms with van der Waals surface area (Å²) in [6.45, 7) is 1.99. The van der Waals surface area contributed by atoms with Gasteiger partial charge in [-0.1, -0.05) is 11.6 Å². The molecular weight excluding hydrogens is 279 g/mol. The van der Waals surface area contributed by atoms with Crippen molar-refractivity contribution in [2.24, 2.45) is 0 Å². The van der Waals surface area contributed by atoms with E-state index in [4.69, 9.17) is 16.3 Å². The van der Waals surface area contributed by atoms with Crippen LogP contribution in [0, 0.1) is 0 Å². The summed E-state index contributed by atoms with van der Waals surface area (Å²) in [5.41, 5.74) is 0. The van der Waals surface area contributed by atoms with Crippen LogP contribution in [0.15, 0.2) is 16.7 Å². The lowest BCUT2D eigenvalue weighted by Gasteiger charge is -2.23. The van der Waals surface area contributed by atoms with E-state index in [1.807, 2.05) is 0 Å². The van der Waals surface area contributed by atoms with Gasteiger partial charge in [-0.05, 0) is 47.9 Å². The largest absolute Gasteiger partial charge is 0.473 e. The molecular formula is C10H12BrClN2O. The van der Waals surface area contributed by atoms with E-state index in [1.165, 1.54) is 0 Å². The monoisotopic (exact) mass is 290 g/mol. The van der Waals surface area contributed by atoms with Gasteiger partial charge in [0.15, 0.2) is 0 Å². The van der Waals surface area contributed by atoms with Gasteiger partial charge in [-0.25, -0.2) is 4.98 Å². The molecule has 1 saturated heterocycles. The highest BCUT2D eigenvalue weighted by Crippen LogP contribution is 2.30. The molecule has 1 N–H and O–H groups in total. The molecule has 3 nitrogen and oxygen atoms in total. The lowest BCUT2D eigenvalue weighted by Crippen LogP contribution is -2.34. The zero-order valence-corrected chi connectivity index (χ0v) is 10.5. The van der Waals surface area contributed by atoms with Crippen molar-refractivity contribution in [1.82, 2.24) is 10.3 Å². The Morgan fingerprint density at radius 3 is 2.93 bits per heavy atom. The fourth-order valence-electron chi connectivity index (χ4n) is 1.56. The van der Waals surface area contributed by atoms with E-state index in [0.29, 0.717) is 10.9 Å². The van der Waals surface area contributed by atoms with E-state index in [1.54, 1.807) is 12.3 Å². The van der Waals surface area contributed by atoms with E-state index in [2.05, 4.69) is 26.2 Å². The predicted octanol–water partition coefficient (Wildman–Crippen LogP) is 2.63. The molecule has 1 fully saturated rings. The molecule has 0 spiro atoms. The van der Waals surface area contributed by atoms with Crippen LogP contribution in [0.25, 0.3) is 0 Å². The minimum absolute atomic E-state index is 0.227. The first-order valence-corrected chi connectivity index (χ1v) is 6.12. The first kappa shape index (κ1) is 11.2. The summed E-state index contributed by atoms with van der Waals surface area (Å²) in [5.74, 6) is 0.526. The third kappa shape index (κ3) is 2.83. The topological polar surface area (TPSA) is 34.1 Å². The number of piperidine rings is 1. The molecule has 2 heterocycles. The summed E-state index contributed by atoms with van der Waals surface area (Å²) in [4.78, 5) is 4.13. The van der Waals surface area contributed by atoms with Crippen molar-refractivity contribution >= 4 is 27.5 Å². The Kier molecular flexibility index (Phi) is 3.83. The van der Waals surface area contributed by atoms with E-state index >= 15 is 0 Å². The smallest absolute Gasteiger partial charge is 0.234 e. The third-order valence-corrected chi connectivity index (χ3v) is 3.63. The lowest BCUT2D eigenvalue weighted by atomic mass is 10.1. The van der Waals surface area contributed by atoms with Crippen molar-refractivity contribution in [3.63, 3.8) is 0 Å². The highest BCUT2D eigenvalue weighted by atomic mass is 79.9. The van der Waals surface area contributed by atoms with Gasteiger partial charge >= 0.3 is 0 Å². The van der Waals surface area contributed by atoms with Crippen molar-refractivity contribution in [2.75, 3.05) is 13.1 Å². The number of aromatic nitrogens is 1. The van der Waals surface area contributed by atoms with Gasteiger partial charge in [0.05, 0.1) is 0 Å². The molecule has 2 rings (SSSR count). The summed E-state index contributed by atoms with van der Waals surface area (Å²) < 4.78 is 6.58. The van der Waals surface area contributed by atoms with Crippen LogP contribution in [0.3, 0.4) is 0 Å². The van der Waals surface area contributed by atoms with Gasteiger partial charge in [0.2, 0.25) is 5.88 Å². The number of ether oxygens (including phenoxy) is 1. The third-order valence-electron chi connectivity index (χ3n) is 2.37. The molecule has 0 unspecified atom stereocenters. The minimum atomic E-state index is 0.227. The van der Waals surface area contributed by atoms with Crippen LogP contribution in [0.1, 0.15) is 12.8 Å². The minimum Gasteiger partial charge on any atom is -0.473 e. The Labute approximate surface area is 102 Å². The molecule has 0 atom stereocenters. The molecule has 1 aliphatic rings. The first-order chi connectivity index (χ1) is 7.27. The molecule has 0 aliphatic carbocycles. The van der Waals surface area contributed by atoms with Crippen molar-refractivity contribution < 1.29 is 4.74 Å². The molecule has 1 aliphatic heterocycles. The first-order valence-electron chi connectivity index (χ1n) is 4.95. The summed E-state index contributed by atoms with van der Waals surface area (Å²) in [7, 11) is 0. The fourth-order valence-corrected chi connectivity index (χ4v) is 2.00. The van der Waals surface area contributed by atoms with Crippen molar-refractivity contribution in [2.45, 2.75) is 18.9 Å². The van der Waals surface area contributed by atoms with E-state index in [-0.39, 0.29) is 6.10 Å². The number of halogens is 2. The average molecular weight is 292 g/mol. The number of hydrogen-bond donors (Lipinski definition) is 1. The number of hydrogen-bond acceptors (Lipinski definition) is 3. The number of pyridine rings is 1. The molecule has 1 aromatic rings. The van der Waals surface area contributed by atoms with Crippen LogP contribution < -0.4 is 10.1 Å². The number of nitrogens with zero attached hydrogens (tertiary/aromatic N) is 1. The quantitative estimate of drug-likeness (QED) is 0.909. The molecule has 0 aromatic carbocycles.